The number of nitrogens with one attached hydrogen (secondary N) is 2. The zero-order valence-electron chi connectivity index (χ0n) is 17.4. The summed E-state index contributed by atoms with van der Waals surface area (Å²) in [6.45, 7) is 2.19. The Morgan fingerprint density at radius 1 is 1.09 bits per heavy atom. The Balaban J connectivity index is 1.69. The lowest BCUT2D eigenvalue weighted by atomic mass is 10.1. The summed E-state index contributed by atoms with van der Waals surface area (Å²) < 4.78 is 47.5. The molecule has 0 saturated heterocycles. The Bertz CT molecular complexity index is 1470. The summed E-state index contributed by atoms with van der Waals surface area (Å²) in [6, 6.07) is 16.9. The van der Waals surface area contributed by atoms with Crippen LogP contribution >= 0.6 is 0 Å². The van der Waals surface area contributed by atoms with Crippen LogP contribution < -0.4 is 14.8 Å². The third-order valence-electron chi connectivity index (χ3n) is 4.64. The van der Waals surface area contributed by atoms with Crippen LogP contribution in [0.3, 0.4) is 0 Å². The minimum Gasteiger partial charge on any atom is -0.477 e. The largest absolute Gasteiger partial charge is 0.477 e. The van der Waals surface area contributed by atoms with Crippen molar-refractivity contribution in [2.45, 2.75) is 11.8 Å². The monoisotopic (exact) mass is 463 g/mol. The Morgan fingerprint density at radius 2 is 1.88 bits per heavy atom. The summed E-state index contributed by atoms with van der Waals surface area (Å²) >= 11 is 0. The van der Waals surface area contributed by atoms with Gasteiger partial charge in [0.1, 0.15) is 23.0 Å². The van der Waals surface area contributed by atoms with Crippen LogP contribution in [-0.4, -0.2) is 25.0 Å². The van der Waals surface area contributed by atoms with Crippen molar-refractivity contribution in [1.29, 1.82) is 5.26 Å². The number of nitriles is 1. The van der Waals surface area contributed by atoms with Gasteiger partial charge in [-0.3, -0.25) is 4.72 Å². The van der Waals surface area contributed by atoms with Gasteiger partial charge in [0, 0.05) is 0 Å². The fourth-order valence-corrected chi connectivity index (χ4v) is 4.21. The molecule has 8 nitrogen and oxygen atoms in total. The van der Waals surface area contributed by atoms with Crippen molar-refractivity contribution in [2.24, 2.45) is 0 Å². The summed E-state index contributed by atoms with van der Waals surface area (Å²) in [5.74, 6) is -0.363. The maximum absolute atomic E-state index is 14.6. The second-order valence-electron chi connectivity index (χ2n) is 6.85. The zero-order valence-corrected chi connectivity index (χ0v) is 18.2. The predicted molar refractivity (Wildman–Crippen MR) is 122 cm³/mol. The van der Waals surface area contributed by atoms with Crippen molar-refractivity contribution >= 4 is 38.1 Å². The van der Waals surface area contributed by atoms with Crippen LogP contribution in [-0.2, 0) is 10.0 Å². The third kappa shape index (κ3) is 4.68. The molecular weight excluding hydrogens is 445 g/mol. The Morgan fingerprint density at radius 3 is 2.61 bits per heavy atom. The van der Waals surface area contributed by atoms with Crippen LogP contribution in [0.5, 0.6) is 5.88 Å². The van der Waals surface area contributed by atoms with Crippen molar-refractivity contribution in [3.8, 4) is 11.9 Å². The average Bonchev–Trinajstić information content (AvgIpc) is 2.81. The molecule has 0 aliphatic carbocycles. The highest BCUT2D eigenvalue weighted by Crippen LogP contribution is 2.30. The van der Waals surface area contributed by atoms with E-state index >= 15 is 0 Å². The van der Waals surface area contributed by atoms with E-state index < -0.39 is 15.8 Å². The van der Waals surface area contributed by atoms with E-state index in [1.54, 1.807) is 37.3 Å². The van der Waals surface area contributed by atoms with Crippen molar-refractivity contribution in [3.63, 3.8) is 0 Å². The average molecular weight is 463 g/mol. The predicted octanol–water partition coefficient (Wildman–Crippen LogP) is 4.58. The van der Waals surface area contributed by atoms with E-state index in [0.29, 0.717) is 17.6 Å². The first-order chi connectivity index (χ1) is 15.9. The molecule has 0 saturated carbocycles. The zero-order chi connectivity index (χ0) is 23.4. The van der Waals surface area contributed by atoms with E-state index in [1.807, 2.05) is 0 Å². The molecule has 0 spiro atoms. The van der Waals surface area contributed by atoms with E-state index in [0.717, 1.165) is 6.07 Å². The van der Waals surface area contributed by atoms with Gasteiger partial charge in [-0.1, -0.05) is 18.2 Å². The van der Waals surface area contributed by atoms with Crippen LogP contribution in [0.25, 0.3) is 11.0 Å². The van der Waals surface area contributed by atoms with E-state index in [9.17, 15) is 18.1 Å². The number of sulfonamides is 1. The second-order valence-corrected chi connectivity index (χ2v) is 8.53. The van der Waals surface area contributed by atoms with Gasteiger partial charge in [-0.2, -0.15) is 5.26 Å². The summed E-state index contributed by atoms with van der Waals surface area (Å²) in [5.41, 5.74) is 1.35. The van der Waals surface area contributed by atoms with Crippen molar-refractivity contribution in [1.82, 2.24) is 9.97 Å². The third-order valence-corrected chi connectivity index (χ3v) is 6.04. The van der Waals surface area contributed by atoms with Crippen molar-refractivity contribution in [2.75, 3.05) is 16.6 Å². The van der Waals surface area contributed by atoms with Gasteiger partial charge in [-0.15, -0.1) is 0 Å². The summed E-state index contributed by atoms with van der Waals surface area (Å²) in [4.78, 5) is 8.65. The molecule has 0 unspecified atom stereocenters. The van der Waals surface area contributed by atoms with Gasteiger partial charge in [0.2, 0.25) is 5.88 Å². The van der Waals surface area contributed by atoms with Crippen molar-refractivity contribution < 1.29 is 17.5 Å². The first-order valence-electron chi connectivity index (χ1n) is 9.88. The Kier molecular flexibility index (Phi) is 6.06. The molecule has 0 aliphatic rings. The number of benzene rings is 3. The Labute approximate surface area is 189 Å². The lowest BCUT2D eigenvalue weighted by Crippen LogP contribution is -2.13. The highest BCUT2D eigenvalue weighted by molar-refractivity contribution is 7.92. The molecule has 10 heteroatoms. The molecule has 2 N–H and O–H groups in total. The molecule has 3 aromatic carbocycles. The highest BCUT2D eigenvalue weighted by atomic mass is 32.2. The van der Waals surface area contributed by atoms with Gasteiger partial charge in [0.15, 0.2) is 0 Å². The number of nitrogens with zero attached hydrogens (tertiary/aromatic N) is 3. The first-order valence-corrected chi connectivity index (χ1v) is 11.4. The van der Waals surface area contributed by atoms with Crippen LogP contribution in [0, 0.1) is 17.1 Å². The topological polar surface area (TPSA) is 117 Å². The number of halogens is 1. The van der Waals surface area contributed by atoms with Gasteiger partial charge in [0.25, 0.3) is 10.0 Å². The van der Waals surface area contributed by atoms with Crippen LogP contribution in [0.15, 0.2) is 71.8 Å². The maximum atomic E-state index is 14.6. The molecule has 4 aromatic rings. The van der Waals surface area contributed by atoms with Crippen LogP contribution in [0.1, 0.15) is 12.5 Å². The van der Waals surface area contributed by atoms with Crippen LogP contribution in [0.2, 0.25) is 0 Å². The molecule has 4 rings (SSSR count). The number of aromatic nitrogens is 2. The standard InChI is InChI=1S/C23H18FN5O3S/c1-2-32-22-14-26-20-11-10-19(17(13-25)23(20)28-22)27-21-12-15(8-9-18(21)24)29-33(30,31)16-6-4-3-5-7-16/h3-12,14,27,29H,2H2,1H3. The quantitative estimate of drug-likeness (QED) is 0.412. The minimum absolute atomic E-state index is 0.0203. The number of hydrogen-bond acceptors (Lipinski definition) is 7. The fraction of sp³-hybridized carbons (Fsp3) is 0.0870. The molecule has 0 radical (unpaired) electrons. The molecule has 33 heavy (non-hydrogen) atoms. The lowest BCUT2D eigenvalue weighted by Gasteiger charge is -2.13. The number of ether oxygens (including phenoxy) is 1. The first kappa shape index (κ1) is 22.0. The minimum atomic E-state index is -3.85. The van der Waals surface area contributed by atoms with Gasteiger partial charge in [0.05, 0.1) is 40.3 Å². The normalized spacial score (nSPS) is 11.1. The molecule has 1 heterocycles. The molecule has 0 amide bonds. The molecular formula is C23H18FN5O3S. The van der Waals surface area contributed by atoms with Gasteiger partial charge < -0.3 is 10.1 Å². The molecule has 166 valence electrons. The molecule has 1 aromatic heterocycles. The maximum Gasteiger partial charge on any atom is 0.261 e. The lowest BCUT2D eigenvalue weighted by molar-refractivity contribution is 0.326. The van der Waals surface area contributed by atoms with Crippen LogP contribution in [0.4, 0.5) is 21.5 Å². The summed E-state index contributed by atoms with van der Waals surface area (Å²) in [6.07, 6.45) is 1.46. The number of anilines is 3. The Hall–Kier alpha value is -4.23. The molecule has 0 fully saturated rings. The SMILES string of the molecule is CCOc1cnc2ccc(Nc3cc(NS(=O)(=O)c4ccccc4)ccc3F)c(C#N)c2n1. The van der Waals surface area contributed by atoms with E-state index in [-0.39, 0.29) is 33.4 Å². The van der Waals surface area contributed by atoms with Gasteiger partial charge in [-0.05, 0) is 49.4 Å². The number of fused-ring (bicyclic) bond motifs is 1. The van der Waals surface area contributed by atoms with E-state index in [2.05, 4.69) is 26.1 Å². The number of rotatable bonds is 7. The molecule has 0 aliphatic heterocycles. The summed E-state index contributed by atoms with van der Waals surface area (Å²) in [7, 11) is -3.85. The molecule has 0 atom stereocenters. The fourth-order valence-electron chi connectivity index (χ4n) is 3.14. The van der Waals surface area contributed by atoms with Gasteiger partial charge in [-0.25, -0.2) is 22.8 Å². The number of hydrogen-bond donors (Lipinski definition) is 2. The van der Waals surface area contributed by atoms with Gasteiger partial charge >= 0.3 is 0 Å². The highest BCUT2D eigenvalue weighted by Gasteiger charge is 2.16. The van der Waals surface area contributed by atoms with Crippen molar-refractivity contribution in [3.05, 3.63) is 78.2 Å². The van der Waals surface area contributed by atoms with E-state index in [4.69, 9.17) is 4.74 Å². The smallest absolute Gasteiger partial charge is 0.261 e. The summed E-state index contributed by atoms with van der Waals surface area (Å²) in [5, 5.41) is 12.6. The molecule has 0 bridgehead atoms. The second kappa shape index (κ2) is 9.10. The van der Waals surface area contributed by atoms with E-state index in [1.165, 1.54) is 30.5 Å².